The average molecular weight is 409 g/mol. The minimum absolute atomic E-state index is 0.0523. The Kier molecular flexibility index (Phi) is 4.87. The molecule has 0 bridgehead atoms. The first-order valence-corrected chi connectivity index (χ1v) is 8.54. The summed E-state index contributed by atoms with van der Waals surface area (Å²) < 4.78 is 11.8. The summed E-state index contributed by atoms with van der Waals surface area (Å²) in [7, 11) is 0. The van der Waals surface area contributed by atoms with Gasteiger partial charge in [-0.2, -0.15) is 4.98 Å². The van der Waals surface area contributed by atoms with Gasteiger partial charge in [0.05, 0.1) is 11.1 Å². The number of benzene rings is 1. The molecule has 0 saturated heterocycles. The predicted molar refractivity (Wildman–Crippen MR) is 96.2 cm³/mol. The average Bonchev–Trinajstić information content (AvgIpc) is 3.01. The van der Waals surface area contributed by atoms with Crippen LogP contribution in [0.4, 0.5) is 0 Å². The van der Waals surface area contributed by atoms with Crippen molar-refractivity contribution >= 4 is 27.5 Å². The van der Waals surface area contributed by atoms with Gasteiger partial charge in [0.2, 0.25) is 5.82 Å². The van der Waals surface area contributed by atoms with Gasteiger partial charge < -0.3 is 9.26 Å². The number of hydrogen-bond acceptors (Lipinski definition) is 5. The maximum Gasteiger partial charge on any atom is 0.258 e. The maximum absolute atomic E-state index is 6.26. The number of nitrogens with zero attached hydrogens (tertiary/aromatic N) is 3. The van der Waals surface area contributed by atoms with Crippen molar-refractivity contribution in [1.82, 2.24) is 15.1 Å². The van der Waals surface area contributed by atoms with Gasteiger partial charge in [-0.1, -0.05) is 16.8 Å². The predicted octanol–water partition coefficient (Wildman–Crippen LogP) is 5.31. The fraction of sp³-hybridized carbons (Fsp3) is 0.235. The van der Waals surface area contributed by atoms with Crippen LogP contribution < -0.4 is 4.74 Å². The van der Waals surface area contributed by atoms with Gasteiger partial charge in [-0.05, 0) is 66.5 Å². The lowest BCUT2D eigenvalue weighted by atomic mass is 10.1. The first kappa shape index (κ1) is 16.9. The molecule has 5 nitrogen and oxygen atoms in total. The molecular formula is C17H15BrClN3O2. The van der Waals surface area contributed by atoms with E-state index in [4.69, 9.17) is 20.9 Å². The second-order valence-electron chi connectivity index (χ2n) is 5.51. The third kappa shape index (κ3) is 3.44. The summed E-state index contributed by atoms with van der Waals surface area (Å²) in [6.07, 6.45) is 1.74. The molecule has 0 atom stereocenters. The largest absolute Gasteiger partial charge is 0.489 e. The maximum atomic E-state index is 6.26. The Morgan fingerprint density at radius 2 is 2.04 bits per heavy atom. The van der Waals surface area contributed by atoms with Crippen molar-refractivity contribution in [2.75, 3.05) is 0 Å². The summed E-state index contributed by atoms with van der Waals surface area (Å²) in [6, 6.07) is 7.25. The van der Waals surface area contributed by atoms with Crippen molar-refractivity contribution in [1.29, 1.82) is 0 Å². The molecule has 2 aromatic heterocycles. The third-order valence-corrected chi connectivity index (χ3v) is 4.45. The van der Waals surface area contributed by atoms with Crippen molar-refractivity contribution in [3.05, 3.63) is 45.7 Å². The number of aromatic nitrogens is 3. The third-order valence-electron chi connectivity index (χ3n) is 3.35. The molecule has 0 saturated carbocycles. The highest BCUT2D eigenvalue weighted by molar-refractivity contribution is 9.10. The van der Waals surface area contributed by atoms with Gasteiger partial charge in [0.25, 0.3) is 5.89 Å². The molecule has 0 aliphatic rings. The molecule has 0 amide bonds. The number of halogens is 2. The molecule has 0 aliphatic heterocycles. The van der Waals surface area contributed by atoms with E-state index in [1.54, 1.807) is 18.3 Å². The SMILES string of the molecule is Cc1c(-c2noc(-c3ccc(OC(C)C)c(Cl)c3)n2)ccnc1Br. The Labute approximate surface area is 153 Å². The number of rotatable bonds is 4. The van der Waals surface area contributed by atoms with E-state index < -0.39 is 0 Å². The summed E-state index contributed by atoms with van der Waals surface area (Å²) in [6.45, 7) is 5.84. The number of ether oxygens (including phenoxy) is 1. The summed E-state index contributed by atoms with van der Waals surface area (Å²) in [5, 5.41) is 4.56. The molecule has 0 aliphatic carbocycles. The van der Waals surface area contributed by atoms with Gasteiger partial charge in [0.15, 0.2) is 0 Å². The molecule has 24 heavy (non-hydrogen) atoms. The van der Waals surface area contributed by atoms with Crippen LogP contribution in [0.2, 0.25) is 5.02 Å². The summed E-state index contributed by atoms with van der Waals surface area (Å²) in [5.41, 5.74) is 2.54. The lowest BCUT2D eigenvalue weighted by Crippen LogP contribution is -2.05. The quantitative estimate of drug-likeness (QED) is 0.547. The van der Waals surface area contributed by atoms with Crippen LogP contribution in [0.5, 0.6) is 5.75 Å². The van der Waals surface area contributed by atoms with Crippen LogP contribution in [0, 0.1) is 6.92 Å². The first-order chi connectivity index (χ1) is 11.5. The zero-order chi connectivity index (χ0) is 17.3. The molecule has 3 aromatic rings. The van der Waals surface area contributed by atoms with E-state index in [0.717, 1.165) is 21.3 Å². The van der Waals surface area contributed by atoms with Crippen LogP contribution in [-0.2, 0) is 0 Å². The molecule has 124 valence electrons. The van der Waals surface area contributed by atoms with E-state index in [-0.39, 0.29) is 6.10 Å². The van der Waals surface area contributed by atoms with Gasteiger partial charge in [0.1, 0.15) is 10.4 Å². The zero-order valence-corrected chi connectivity index (χ0v) is 15.7. The second kappa shape index (κ2) is 6.91. The molecule has 1 aromatic carbocycles. The normalized spacial score (nSPS) is 11.1. The molecule has 0 unspecified atom stereocenters. The summed E-state index contributed by atoms with van der Waals surface area (Å²) in [5.74, 6) is 1.53. The lowest BCUT2D eigenvalue weighted by molar-refractivity contribution is 0.242. The standard InChI is InChI=1S/C17H15BrClN3O2/c1-9(2)23-14-5-4-11(8-13(14)19)17-21-16(22-24-17)12-6-7-20-15(18)10(12)3/h4-9H,1-3H3. The lowest BCUT2D eigenvalue weighted by Gasteiger charge is -2.11. The molecule has 0 spiro atoms. The van der Waals surface area contributed by atoms with Crippen molar-refractivity contribution in [3.8, 4) is 28.6 Å². The van der Waals surface area contributed by atoms with Gasteiger partial charge >= 0.3 is 0 Å². The smallest absolute Gasteiger partial charge is 0.258 e. The van der Waals surface area contributed by atoms with Gasteiger partial charge in [-0.15, -0.1) is 0 Å². The fourth-order valence-electron chi connectivity index (χ4n) is 2.19. The molecule has 0 fully saturated rings. The number of pyridine rings is 1. The van der Waals surface area contributed by atoms with Crippen LogP contribution in [0.3, 0.4) is 0 Å². The Morgan fingerprint density at radius 3 is 2.75 bits per heavy atom. The molecule has 2 heterocycles. The Bertz CT molecular complexity index is 880. The summed E-state index contributed by atoms with van der Waals surface area (Å²) >= 11 is 9.67. The second-order valence-corrected chi connectivity index (χ2v) is 6.67. The van der Waals surface area contributed by atoms with Crippen LogP contribution in [0.1, 0.15) is 19.4 Å². The molecule has 0 radical (unpaired) electrons. The van der Waals surface area contributed by atoms with Crippen LogP contribution in [0.25, 0.3) is 22.8 Å². The van der Waals surface area contributed by atoms with Crippen molar-refractivity contribution in [2.45, 2.75) is 26.9 Å². The minimum Gasteiger partial charge on any atom is -0.489 e. The Hall–Kier alpha value is -1.92. The van der Waals surface area contributed by atoms with Crippen LogP contribution in [0.15, 0.2) is 39.6 Å². The van der Waals surface area contributed by atoms with Crippen molar-refractivity contribution in [3.63, 3.8) is 0 Å². The highest BCUT2D eigenvalue weighted by Crippen LogP contribution is 2.32. The van der Waals surface area contributed by atoms with Gasteiger partial charge in [-0.3, -0.25) is 0 Å². The number of hydrogen-bond donors (Lipinski definition) is 0. The molecule has 0 N–H and O–H groups in total. The van der Waals surface area contributed by atoms with E-state index in [1.165, 1.54) is 0 Å². The monoisotopic (exact) mass is 407 g/mol. The first-order valence-electron chi connectivity index (χ1n) is 7.37. The van der Waals surface area contributed by atoms with E-state index in [0.29, 0.717) is 22.5 Å². The minimum atomic E-state index is 0.0523. The van der Waals surface area contributed by atoms with Crippen molar-refractivity contribution in [2.24, 2.45) is 0 Å². The van der Waals surface area contributed by atoms with Crippen LogP contribution in [-0.4, -0.2) is 21.2 Å². The van der Waals surface area contributed by atoms with E-state index in [9.17, 15) is 0 Å². The van der Waals surface area contributed by atoms with E-state index in [1.807, 2.05) is 32.9 Å². The molecule has 3 rings (SSSR count). The highest BCUT2D eigenvalue weighted by Gasteiger charge is 2.15. The molecular weight excluding hydrogens is 394 g/mol. The Balaban J connectivity index is 1.93. The van der Waals surface area contributed by atoms with E-state index >= 15 is 0 Å². The summed E-state index contributed by atoms with van der Waals surface area (Å²) in [4.78, 5) is 8.63. The van der Waals surface area contributed by atoms with E-state index in [2.05, 4.69) is 31.1 Å². The Morgan fingerprint density at radius 1 is 1.25 bits per heavy atom. The fourth-order valence-corrected chi connectivity index (χ4v) is 2.74. The molecule has 7 heteroatoms. The van der Waals surface area contributed by atoms with Gasteiger partial charge in [0, 0.05) is 17.3 Å². The zero-order valence-electron chi connectivity index (χ0n) is 13.4. The highest BCUT2D eigenvalue weighted by atomic mass is 79.9. The van der Waals surface area contributed by atoms with Crippen LogP contribution >= 0.6 is 27.5 Å². The topological polar surface area (TPSA) is 61.0 Å². The van der Waals surface area contributed by atoms with Crippen molar-refractivity contribution < 1.29 is 9.26 Å². The van der Waals surface area contributed by atoms with Gasteiger partial charge in [-0.25, -0.2) is 4.98 Å².